The van der Waals surface area contributed by atoms with Crippen LogP contribution in [0.4, 0.5) is 0 Å². The van der Waals surface area contributed by atoms with Crippen molar-refractivity contribution in [3.05, 3.63) is 0 Å². The monoisotopic (exact) mass is 199 g/mol. The number of hydrogen-bond donors (Lipinski definition) is 2. The van der Waals surface area contributed by atoms with Crippen LogP contribution in [0.1, 0.15) is 32.6 Å². The predicted octanol–water partition coefficient (Wildman–Crippen LogP) is 0.0635. The molecule has 2 atom stereocenters. The topological polar surface area (TPSA) is 72.3 Å². The van der Waals surface area contributed by atoms with Crippen LogP contribution in [-0.4, -0.2) is 36.0 Å². The number of carbonyl (C=O) groups excluding carboxylic acids is 1. The predicted molar refractivity (Wildman–Crippen MR) is 56.7 cm³/mol. The van der Waals surface area contributed by atoms with Crippen molar-refractivity contribution in [3.8, 4) is 0 Å². The average Bonchev–Trinajstić information content (AvgIpc) is 2.15. The minimum absolute atomic E-state index is 0.224. The Bertz CT molecular complexity index is 196. The van der Waals surface area contributed by atoms with Gasteiger partial charge in [0.1, 0.15) is 0 Å². The van der Waals surface area contributed by atoms with E-state index in [2.05, 4.69) is 11.8 Å². The van der Waals surface area contributed by atoms with Crippen molar-refractivity contribution < 1.29 is 4.79 Å². The Balaban J connectivity index is 2.46. The Kier molecular flexibility index (Phi) is 4.35. The highest BCUT2D eigenvalue weighted by molar-refractivity contribution is 5.73. The number of nitrogens with two attached hydrogens (primary N) is 2. The van der Waals surface area contributed by atoms with Gasteiger partial charge in [-0.05, 0) is 19.8 Å². The highest BCUT2D eigenvalue weighted by Crippen LogP contribution is 2.21. The van der Waals surface area contributed by atoms with Gasteiger partial charge in [0.05, 0.1) is 0 Å². The molecule has 82 valence electrons. The van der Waals surface area contributed by atoms with Gasteiger partial charge < -0.3 is 11.5 Å². The molecule has 0 aromatic rings. The van der Waals surface area contributed by atoms with E-state index < -0.39 is 0 Å². The molecule has 0 aromatic heterocycles. The van der Waals surface area contributed by atoms with E-state index in [-0.39, 0.29) is 5.91 Å². The second-order valence-corrected chi connectivity index (χ2v) is 4.12. The lowest BCUT2D eigenvalue weighted by atomic mass is 9.96. The van der Waals surface area contributed by atoms with Gasteiger partial charge >= 0.3 is 0 Å². The Labute approximate surface area is 85.6 Å². The maximum atomic E-state index is 10.7. The van der Waals surface area contributed by atoms with E-state index in [9.17, 15) is 4.79 Å². The molecule has 14 heavy (non-hydrogen) atoms. The fourth-order valence-corrected chi connectivity index (χ4v) is 2.24. The molecule has 1 amide bonds. The maximum absolute atomic E-state index is 10.7. The molecule has 4 heteroatoms. The molecule has 1 aliphatic heterocycles. The second-order valence-electron chi connectivity index (χ2n) is 4.12. The summed E-state index contributed by atoms with van der Waals surface area (Å²) in [6.07, 6.45) is 4.05. The van der Waals surface area contributed by atoms with Crippen LogP contribution < -0.4 is 11.5 Å². The lowest BCUT2D eigenvalue weighted by Crippen LogP contribution is -2.49. The molecule has 1 rings (SSSR count). The van der Waals surface area contributed by atoms with Gasteiger partial charge in [0, 0.05) is 31.6 Å². The fourth-order valence-electron chi connectivity index (χ4n) is 2.24. The first-order valence-corrected chi connectivity index (χ1v) is 5.39. The normalized spacial score (nSPS) is 29.0. The van der Waals surface area contributed by atoms with E-state index in [1.165, 1.54) is 12.8 Å². The summed E-state index contributed by atoms with van der Waals surface area (Å²) in [6, 6.07) is 0.981. The first-order chi connectivity index (χ1) is 6.65. The SMILES string of the molecule is CC1CCCC(CN)N1CCC(N)=O. The quantitative estimate of drug-likeness (QED) is 0.672. The largest absolute Gasteiger partial charge is 0.370 e. The van der Waals surface area contributed by atoms with Crippen molar-refractivity contribution in [2.75, 3.05) is 13.1 Å². The molecule has 4 nitrogen and oxygen atoms in total. The van der Waals surface area contributed by atoms with Crippen LogP contribution in [0.5, 0.6) is 0 Å². The molecule has 0 saturated carbocycles. The van der Waals surface area contributed by atoms with Crippen molar-refractivity contribution in [1.82, 2.24) is 4.90 Å². The van der Waals surface area contributed by atoms with Crippen LogP contribution in [0.2, 0.25) is 0 Å². The molecular weight excluding hydrogens is 178 g/mol. The summed E-state index contributed by atoms with van der Waals surface area (Å²) in [5, 5.41) is 0. The molecule has 0 aromatic carbocycles. The second kappa shape index (κ2) is 5.32. The zero-order chi connectivity index (χ0) is 10.6. The van der Waals surface area contributed by atoms with Crippen LogP contribution in [0, 0.1) is 0 Å². The number of nitrogens with zero attached hydrogens (tertiary/aromatic N) is 1. The molecule has 0 radical (unpaired) electrons. The number of amides is 1. The van der Waals surface area contributed by atoms with Gasteiger partial charge in [0.25, 0.3) is 0 Å². The van der Waals surface area contributed by atoms with Crippen molar-refractivity contribution in [2.24, 2.45) is 11.5 Å². The van der Waals surface area contributed by atoms with Gasteiger partial charge in [-0.3, -0.25) is 9.69 Å². The maximum Gasteiger partial charge on any atom is 0.218 e. The molecule has 1 aliphatic rings. The van der Waals surface area contributed by atoms with Crippen molar-refractivity contribution in [3.63, 3.8) is 0 Å². The lowest BCUT2D eigenvalue weighted by Gasteiger charge is -2.40. The summed E-state index contributed by atoms with van der Waals surface area (Å²) in [6.45, 7) is 3.64. The molecule has 4 N–H and O–H groups in total. The van der Waals surface area contributed by atoms with E-state index in [0.29, 0.717) is 25.0 Å². The summed E-state index contributed by atoms with van der Waals surface area (Å²) in [7, 11) is 0. The highest BCUT2D eigenvalue weighted by atomic mass is 16.1. The van der Waals surface area contributed by atoms with E-state index in [0.717, 1.165) is 13.0 Å². The standard InChI is InChI=1S/C10H21N3O/c1-8-3-2-4-9(7-11)13(8)6-5-10(12)14/h8-9H,2-7,11H2,1H3,(H2,12,14). The van der Waals surface area contributed by atoms with Gasteiger partial charge in [0.15, 0.2) is 0 Å². The number of rotatable bonds is 4. The van der Waals surface area contributed by atoms with Crippen LogP contribution in [0.3, 0.4) is 0 Å². The Hall–Kier alpha value is -0.610. The lowest BCUT2D eigenvalue weighted by molar-refractivity contribution is -0.118. The Morgan fingerprint density at radius 1 is 1.50 bits per heavy atom. The molecule has 0 spiro atoms. The summed E-state index contributed by atoms with van der Waals surface area (Å²) < 4.78 is 0. The van der Waals surface area contributed by atoms with E-state index in [4.69, 9.17) is 11.5 Å². The first-order valence-electron chi connectivity index (χ1n) is 5.39. The number of piperidine rings is 1. The van der Waals surface area contributed by atoms with Gasteiger partial charge in [-0.15, -0.1) is 0 Å². The summed E-state index contributed by atoms with van der Waals surface area (Å²) in [5.41, 5.74) is 10.8. The molecule has 1 heterocycles. The number of primary amides is 1. The fraction of sp³-hybridized carbons (Fsp3) is 0.900. The molecule has 0 bridgehead atoms. The van der Waals surface area contributed by atoms with Gasteiger partial charge in [-0.2, -0.15) is 0 Å². The van der Waals surface area contributed by atoms with E-state index >= 15 is 0 Å². The van der Waals surface area contributed by atoms with Gasteiger partial charge in [-0.1, -0.05) is 6.42 Å². The minimum atomic E-state index is -0.224. The summed E-state index contributed by atoms with van der Waals surface area (Å²) in [5.74, 6) is -0.224. The highest BCUT2D eigenvalue weighted by Gasteiger charge is 2.26. The van der Waals surface area contributed by atoms with E-state index in [1.807, 2.05) is 0 Å². The average molecular weight is 199 g/mol. The summed E-state index contributed by atoms with van der Waals surface area (Å²) in [4.78, 5) is 13.0. The van der Waals surface area contributed by atoms with Crippen molar-refractivity contribution >= 4 is 5.91 Å². The third-order valence-corrected chi connectivity index (χ3v) is 3.08. The minimum Gasteiger partial charge on any atom is -0.370 e. The molecule has 0 aliphatic carbocycles. The Morgan fingerprint density at radius 3 is 2.79 bits per heavy atom. The smallest absolute Gasteiger partial charge is 0.218 e. The number of hydrogen-bond acceptors (Lipinski definition) is 3. The van der Waals surface area contributed by atoms with Crippen LogP contribution in [-0.2, 0) is 4.79 Å². The number of likely N-dealkylation sites (tertiary alicyclic amines) is 1. The third kappa shape index (κ3) is 2.96. The third-order valence-electron chi connectivity index (χ3n) is 3.08. The zero-order valence-electron chi connectivity index (χ0n) is 8.91. The first kappa shape index (κ1) is 11.5. The van der Waals surface area contributed by atoms with Gasteiger partial charge in [-0.25, -0.2) is 0 Å². The number of carbonyl (C=O) groups is 1. The van der Waals surface area contributed by atoms with Crippen molar-refractivity contribution in [1.29, 1.82) is 0 Å². The van der Waals surface area contributed by atoms with E-state index in [1.54, 1.807) is 0 Å². The van der Waals surface area contributed by atoms with Crippen LogP contribution in [0.25, 0.3) is 0 Å². The van der Waals surface area contributed by atoms with Crippen LogP contribution >= 0.6 is 0 Å². The molecule has 2 unspecified atom stereocenters. The molecule has 1 fully saturated rings. The molecular formula is C10H21N3O. The molecule has 1 saturated heterocycles. The zero-order valence-corrected chi connectivity index (χ0v) is 8.91. The summed E-state index contributed by atoms with van der Waals surface area (Å²) >= 11 is 0. The van der Waals surface area contributed by atoms with Crippen LogP contribution in [0.15, 0.2) is 0 Å². The Morgan fingerprint density at radius 2 is 2.21 bits per heavy atom. The van der Waals surface area contributed by atoms with Gasteiger partial charge in [0.2, 0.25) is 5.91 Å². The van der Waals surface area contributed by atoms with Crippen molar-refractivity contribution in [2.45, 2.75) is 44.7 Å².